The van der Waals surface area contributed by atoms with Crippen LogP contribution in [0.1, 0.15) is 30.1 Å². The lowest BCUT2D eigenvalue weighted by molar-refractivity contribution is 0.0877. The van der Waals surface area contributed by atoms with E-state index in [9.17, 15) is 0 Å². The summed E-state index contributed by atoms with van der Waals surface area (Å²) in [6.45, 7) is 4.65. The number of benzene rings is 1. The third kappa shape index (κ3) is 2.51. The molecule has 1 aromatic carbocycles. The standard InChI is InChI=1S/C21H24N6/c1-2-18-21(25-19(24-18)5-9-27-10-6-22-13-27)20-15(11-23-17(1)20)16-12-26-7-3-14(16)4-8-26/h1-2,6,10-11,13-14,16,23H,3-5,7-9,12H2,(H,24,25). The van der Waals surface area contributed by atoms with Crippen LogP contribution in [0.5, 0.6) is 0 Å². The van der Waals surface area contributed by atoms with Crippen molar-refractivity contribution in [2.45, 2.75) is 31.7 Å². The SMILES string of the molecule is c1cn(CCc2nc3c(ccc4[nH]cc(C5CN6CCC5CC6)c43)[nH]2)cn1. The molecule has 6 nitrogen and oxygen atoms in total. The highest BCUT2D eigenvalue weighted by Gasteiger charge is 2.36. The first kappa shape index (κ1) is 15.5. The van der Waals surface area contributed by atoms with Gasteiger partial charge in [-0.3, -0.25) is 0 Å². The van der Waals surface area contributed by atoms with Crippen LogP contribution in [0, 0.1) is 5.92 Å². The molecule has 2 bridgehead atoms. The Morgan fingerprint density at radius 1 is 1.15 bits per heavy atom. The summed E-state index contributed by atoms with van der Waals surface area (Å²) in [6.07, 6.45) is 11.5. The second-order valence-electron chi connectivity index (χ2n) is 8.11. The van der Waals surface area contributed by atoms with Gasteiger partial charge in [0.2, 0.25) is 0 Å². The molecule has 3 aliphatic heterocycles. The Bertz CT molecular complexity index is 1080. The number of imidazole rings is 2. The van der Waals surface area contributed by atoms with Crippen molar-refractivity contribution in [1.82, 2.24) is 29.4 Å². The minimum absolute atomic E-state index is 0.637. The first-order chi connectivity index (χ1) is 13.3. The number of aromatic nitrogens is 5. The first-order valence-corrected chi connectivity index (χ1v) is 10.0. The molecule has 1 unspecified atom stereocenters. The number of piperidine rings is 3. The highest BCUT2D eigenvalue weighted by Crippen LogP contribution is 2.42. The summed E-state index contributed by atoms with van der Waals surface area (Å²) in [6, 6.07) is 4.35. The number of nitrogens with zero attached hydrogens (tertiary/aromatic N) is 4. The van der Waals surface area contributed by atoms with E-state index in [1.165, 1.54) is 48.9 Å². The van der Waals surface area contributed by atoms with E-state index < -0.39 is 0 Å². The van der Waals surface area contributed by atoms with Crippen molar-refractivity contribution in [3.05, 3.63) is 48.4 Å². The number of nitrogens with one attached hydrogen (secondary N) is 2. The van der Waals surface area contributed by atoms with Gasteiger partial charge in [0.15, 0.2) is 0 Å². The molecule has 7 rings (SSSR count). The molecule has 0 spiro atoms. The predicted molar refractivity (Wildman–Crippen MR) is 106 cm³/mol. The van der Waals surface area contributed by atoms with Crippen molar-refractivity contribution in [3.63, 3.8) is 0 Å². The van der Waals surface area contributed by atoms with Crippen LogP contribution in [-0.2, 0) is 13.0 Å². The van der Waals surface area contributed by atoms with Crippen molar-refractivity contribution in [2.75, 3.05) is 19.6 Å². The largest absolute Gasteiger partial charge is 0.361 e. The lowest BCUT2D eigenvalue weighted by Crippen LogP contribution is -2.46. The Hall–Kier alpha value is -2.60. The summed E-state index contributed by atoms with van der Waals surface area (Å²) >= 11 is 0. The van der Waals surface area contributed by atoms with E-state index in [1.807, 2.05) is 18.7 Å². The zero-order valence-corrected chi connectivity index (χ0v) is 15.4. The van der Waals surface area contributed by atoms with Crippen LogP contribution in [0.25, 0.3) is 21.9 Å². The Morgan fingerprint density at radius 3 is 2.81 bits per heavy atom. The Kier molecular flexibility index (Phi) is 3.41. The molecule has 3 saturated heterocycles. The van der Waals surface area contributed by atoms with Crippen LogP contribution in [0.15, 0.2) is 37.1 Å². The molecule has 0 aliphatic carbocycles. The molecule has 6 heteroatoms. The van der Waals surface area contributed by atoms with Crippen molar-refractivity contribution < 1.29 is 0 Å². The zero-order chi connectivity index (χ0) is 17.8. The van der Waals surface area contributed by atoms with Crippen LogP contribution in [0.2, 0.25) is 0 Å². The molecule has 0 radical (unpaired) electrons. The summed E-state index contributed by atoms with van der Waals surface area (Å²) in [5.41, 5.74) is 4.95. The predicted octanol–water partition coefficient (Wildman–Crippen LogP) is 3.29. The van der Waals surface area contributed by atoms with Crippen molar-refractivity contribution in [1.29, 1.82) is 0 Å². The molecule has 3 aromatic heterocycles. The minimum atomic E-state index is 0.637. The van der Waals surface area contributed by atoms with Gasteiger partial charge >= 0.3 is 0 Å². The fourth-order valence-corrected chi connectivity index (χ4v) is 5.15. The molecule has 3 fully saturated rings. The molecule has 3 aliphatic rings. The van der Waals surface area contributed by atoms with E-state index in [0.717, 1.165) is 35.7 Å². The van der Waals surface area contributed by atoms with Crippen LogP contribution >= 0.6 is 0 Å². The van der Waals surface area contributed by atoms with E-state index in [4.69, 9.17) is 4.98 Å². The number of rotatable bonds is 4. The smallest absolute Gasteiger partial charge is 0.109 e. The Labute approximate surface area is 157 Å². The molecule has 0 saturated carbocycles. The first-order valence-electron chi connectivity index (χ1n) is 10.0. The van der Waals surface area contributed by atoms with E-state index in [1.54, 1.807) is 0 Å². The third-order valence-corrected chi connectivity index (χ3v) is 6.60. The highest BCUT2D eigenvalue weighted by molar-refractivity contribution is 6.05. The number of aromatic amines is 2. The van der Waals surface area contributed by atoms with Gasteiger partial charge in [-0.05, 0) is 49.5 Å². The molecular weight excluding hydrogens is 336 g/mol. The summed E-state index contributed by atoms with van der Waals surface area (Å²) in [5.74, 6) is 2.51. The number of hydrogen-bond acceptors (Lipinski definition) is 3. The van der Waals surface area contributed by atoms with Gasteiger partial charge in [0.05, 0.1) is 17.4 Å². The Morgan fingerprint density at radius 2 is 2.04 bits per heavy atom. The van der Waals surface area contributed by atoms with Crippen LogP contribution in [0.4, 0.5) is 0 Å². The van der Waals surface area contributed by atoms with Gasteiger partial charge in [-0.1, -0.05) is 0 Å². The second-order valence-corrected chi connectivity index (χ2v) is 8.11. The average Bonchev–Trinajstić information content (AvgIpc) is 3.45. The third-order valence-electron chi connectivity index (χ3n) is 6.60. The van der Waals surface area contributed by atoms with Crippen LogP contribution in [0.3, 0.4) is 0 Å². The maximum atomic E-state index is 5.01. The number of fused-ring (bicyclic) bond motifs is 6. The summed E-state index contributed by atoms with van der Waals surface area (Å²) in [4.78, 5) is 18.8. The second kappa shape index (κ2) is 5.96. The molecule has 1 atom stereocenters. The van der Waals surface area contributed by atoms with Crippen LogP contribution in [-0.4, -0.2) is 49.0 Å². The average molecular weight is 360 g/mol. The quantitative estimate of drug-likeness (QED) is 0.587. The normalized spacial score (nSPS) is 25.0. The summed E-state index contributed by atoms with van der Waals surface area (Å²) in [5, 5.41) is 1.33. The Balaban J connectivity index is 1.40. The molecular formula is C21H24N6. The molecule has 2 N–H and O–H groups in total. The van der Waals surface area contributed by atoms with Gasteiger partial charge in [0.25, 0.3) is 0 Å². The van der Waals surface area contributed by atoms with E-state index >= 15 is 0 Å². The van der Waals surface area contributed by atoms with Crippen LogP contribution < -0.4 is 0 Å². The monoisotopic (exact) mass is 360 g/mol. The van der Waals surface area contributed by atoms with Gasteiger partial charge in [-0.25, -0.2) is 9.97 Å². The number of H-pyrrole nitrogens is 2. The fraction of sp³-hybridized carbons (Fsp3) is 0.429. The molecule has 6 heterocycles. The van der Waals surface area contributed by atoms with Gasteiger partial charge in [0.1, 0.15) is 5.82 Å². The zero-order valence-electron chi connectivity index (χ0n) is 15.4. The van der Waals surface area contributed by atoms with Crippen molar-refractivity contribution in [2.24, 2.45) is 5.92 Å². The molecule has 138 valence electrons. The summed E-state index contributed by atoms with van der Waals surface area (Å²) in [7, 11) is 0. The van der Waals surface area contributed by atoms with Gasteiger partial charge in [-0.15, -0.1) is 0 Å². The molecule has 0 amide bonds. The fourth-order valence-electron chi connectivity index (χ4n) is 5.15. The lowest BCUT2D eigenvalue weighted by atomic mass is 9.75. The van der Waals surface area contributed by atoms with Gasteiger partial charge < -0.3 is 19.4 Å². The maximum Gasteiger partial charge on any atom is 0.109 e. The van der Waals surface area contributed by atoms with E-state index in [2.05, 4.69) is 42.7 Å². The number of hydrogen-bond donors (Lipinski definition) is 2. The topological polar surface area (TPSA) is 65.5 Å². The highest BCUT2D eigenvalue weighted by atomic mass is 15.1. The molecule has 4 aromatic rings. The van der Waals surface area contributed by atoms with Crippen molar-refractivity contribution >= 4 is 21.9 Å². The lowest BCUT2D eigenvalue weighted by Gasteiger charge is -2.44. The van der Waals surface area contributed by atoms with E-state index in [-0.39, 0.29) is 0 Å². The minimum Gasteiger partial charge on any atom is -0.361 e. The van der Waals surface area contributed by atoms with Gasteiger partial charge in [-0.2, -0.15) is 0 Å². The van der Waals surface area contributed by atoms with Gasteiger partial charge in [0, 0.05) is 54.9 Å². The van der Waals surface area contributed by atoms with Crippen molar-refractivity contribution in [3.8, 4) is 0 Å². The van der Waals surface area contributed by atoms with E-state index in [0.29, 0.717) is 5.92 Å². The molecule has 27 heavy (non-hydrogen) atoms. The number of aryl methyl sites for hydroxylation is 2. The summed E-state index contributed by atoms with van der Waals surface area (Å²) < 4.78 is 2.09. The maximum absolute atomic E-state index is 5.01.